The second-order valence-corrected chi connectivity index (χ2v) is 4.91. The van der Waals surface area contributed by atoms with E-state index >= 15 is 0 Å². The molecule has 0 spiro atoms. The summed E-state index contributed by atoms with van der Waals surface area (Å²) >= 11 is 1.67. The topological polar surface area (TPSA) is 24.9 Å². The molecule has 1 atom stereocenters. The predicted molar refractivity (Wildman–Crippen MR) is 68.8 cm³/mol. The molecule has 1 N–H and O–H groups in total. The Morgan fingerprint density at radius 1 is 1.47 bits per heavy atom. The summed E-state index contributed by atoms with van der Waals surface area (Å²) < 4.78 is 13.8. The van der Waals surface area contributed by atoms with Gasteiger partial charge < -0.3 is 5.32 Å². The van der Waals surface area contributed by atoms with Crippen molar-refractivity contribution < 1.29 is 4.39 Å². The van der Waals surface area contributed by atoms with Gasteiger partial charge in [0.15, 0.2) is 0 Å². The van der Waals surface area contributed by atoms with Crippen LogP contribution in [0.15, 0.2) is 29.8 Å². The van der Waals surface area contributed by atoms with Crippen molar-refractivity contribution >= 4 is 11.3 Å². The van der Waals surface area contributed by atoms with Crippen LogP contribution < -0.4 is 5.32 Å². The molecule has 1 unspecified atom stereocenters. The van der Waals surface area contributed by atoms with Crippen molar-refractivity contribution in [2.75, 3.05) is 6.54 Å². The smallest absolute Gasteiger partial charge is 0.146 e. The number of aromatic nitrogens is 1. The molecule has 0 aliphatic heterocycles. The molecule has 0 amide bonds. The zero-order valence-corrected chi connectivity index (χ0v) is 10.7. The summed E-state index contributed by atoms with van der Waals surface area (Å²) in [7, 11) is 0. The van der Waals surface area contributed by atoms with Crippen LogP contribution in [0.5, 0.6) is 0 Å². The van der Waals surface area contributed by atoms with E-state index < -0.39 is 0 Å². The molecule has 0 bridgehead atoms. The fourth-order valence-electron chi connectivity index (χ4n) is 1.86. The first-order chi connectivity index (χ1) is 8.24. The molecule has 4 heteroatoms. The van der Waals surface area contributed by atoms with Gasteiger partial charge in [-0.2, -0.15) is 0 Å². The third-order valence-electron chi connectivity index (χ3n) is 2.68. The molecule has 2 nitrogen and oxygen atoms in total. The summed E-state index contributed by atoms with van der Waals surface area (Å²) in [5, 5.41) is 5.31. The maximum atomic E-state index is 13.8. The van der Waals surface area contributed by atoms with E-state index in [0.717, 1.165) is 12.1 Å². The van der Waals surface area contributed by atoms with Crippen LogP contribution in [0.4, 0.5) is 4.39 Å². The van der Waals surface area contributed by atoms with E-state index in [1.54, 1.807) is 23.6 Å². The maximum Gasteiger partial charge on any atom is 0.146 e. The van der Waals surface area contributed by atoms with E-state index in [0.29, 0.717) is 5.69 Å². The van der Waals surface area contributed by atoms with E-state index in [1.807, 2.05) is 25.3 Å². The van der Waals surface area contributed by atoms with Gasteiger partial charge in [0.2, 0.25) is 0 Å². The van der Waals surface area contributed by atoms with Gasteiger partial charge in [-0.15, -0.1) is 11.3 Å². The van der Waals surface area contributed by atoms with E-state index in [-0.39, 0.29) is 11.9 Å². The van der Waals surface area contributed by atoms with Gasteiger partial charge in [0.05, 0.1) is 11.7 Å². The number of halogens is 1. The Labute approximate surface area is 105 Å². The third kappa shape index (κ3) is 2.53. The second kappa shape index (κ2) is 5.38. The zero-order valence-electron chi connectivity index (χ0n) is 9.90. The van der Waals surface area contributed by atoms with Crippen molar-refractivity contribution in [2.24, 2.45) is 0 Å². The summed E-state index contributed by atoms with van der Waals surface area (Å²) in [5.41, 5.74) is 1.57. The van der Waals surface area contributed by atoms with Crippen LogP contribution in [0.2, 0.25) is 0 Å². The highest BCUT2D eigenvalue weighted by molar-refractivity contribution is 7.10. The van der Waals surface area contributed by atoms with Crippen LogP contribution in [0.25, 0.3) is 0 Å². The summed E-state index contributed by atoms with van der Waals surface area (Å²) in [5.74, 6) is -0.260. The quantitative estimate of drug-likeness (QED) is 0.900. The highest BCUT2D eigenvalue weighted by atomic mass is 32.1. The highest BCUT2D eigenvalue weighted by Gasteiger charge is 2.20. The molecule has 0 radical (unpaired) electrons. The fraction of sp³-hybridized carbons (Fsp3) is 0.308. The van der Waals surface area contributed by atoms with Crippen molar-refractivity contribution in [1.29, 1.82) is 0 Å². The number of hydrogen-bond acceptors (Lipinski definition) is 3. The van der Waals surface area contributed by atoms with Crippen LogP contribution >= 0.6 is 11.3 Å². The molecule has 0 aliphatic carbocycles. The van der Waals surface area contributed by atoms with Crippen molar-refractivity contribution in [2.45, 2.75) is 19.9 Å². The Bertz CT molecular complexity index is 496. The Morgan fingerprint density at radius 2 is 2.29 bits per heavy atom. The molecule has 0 aliphatic rings. The van der Waals surface area contributed by atoms with Crippen LogP contribution in [-0.2, 0) is 0 Å². The number of aryl methyl sites for hydroxylation is 1. The van der Waals surface area contributed by atoms with E-state index in [1.165, 1.54) is 10.9 Å². The van der Waals surface area contributed by atoms with Crippen LogP contribution in [0.3, 0.4) is 0 Å². The van der Waals surface area contributed by atoms with E-state index in [4.69, 9.17) is 0 Å². The van der Waals surface area contributed by atoms with Gasteiger partial charge in [0.1, 0.15) is 5.82 Å². The molecule has 0 saturated carbocycles. The minimum Gasteiger partial charge on any atom is -0.305 e. The third-order valence-corrected chi connectivity index (χ3v) is 3.54. The molecule has 17 heavy (non-hydrogen) atoms. The lowest BCUT2D eigenvalue weighted by atomic mass is 10.0. The lowest BCUT2D eigenvalue weighted by molar-refractivity contribution is 0.542. The first-order valence-electron chi connectivity index (χ1n) is 5.61. The van der Waals surface area contributed by atoms with Gasteiger partial charge >= 0.3 is 0 Å². The van der Waals surface area contributed by atoms with Gasteiger partial charge in [-0.1, -0.05) is 6.92 Å². The normalized spacial score (nSPS) is 12.6. The van der Waals surface area contributed by atoms with Gasteiger partial charge in [-0.25, -0.2) is 4.39 Å². The first kappa shape index (κ1) is 12.2. The van der Waals surface area contributed by atoms with Crippen molar-refractivity contribution in [1.82, 2.24) is 10.3 Å². The maximum absolute atomic E-state index is 13.8. The highest BCUT2D eigenvalue weighted by Crippen LogP contribution is 2.28. The van der Waals surface area contributed by atoms with Crippen molar-refractivity contribution in [3.8, 4) is 0 Å². The molecule has 2 aromatic heterocycles. The van der Waals surface area contributed by atoms with Crippen LogP contribution in [-0.4, -0.2) is 11.5 Å². The number of pyridine rings is 1. The minimum absolute atomic E-state index is 0.160. The number of thiophene rings is 1. The molecule has 0 aromatic carbocycles. The largest absolute Gasteiger partial charge is 0.305 e. The van der Waals surface area contributed by atoms with E-state index in [2.05, 4.69) is 10.3 Å². The number of rotatable bonds is 4. The molecule has 0 saturated heterocycles. The molecule has 2 heterocycles. The standard InChI is InChI=1S/C13H15FN2S/c1-3-15-12(10-6-8-17-9(10)2)13-11(14)5-4-7-16-13/h4-8,12,15H,3H2,1-2H3. The Hall–Kier alpha value is -1.26. The molecule has 2 aromatic rings. The second-order valence-electron chi connectivity index (χ2n) is 3.79. The lowest BCUT2D eigenvalue weighted by Crippen LogP contribution is -2.24. The summed E-state index contributed by atoms with van der Waals surface area (Å²) in [4.78, 5) is 5.36. The summed E-state index contributed by atoms with van der Waals surface area (Å²) in [6, 6.07) is 4.94. The Morgan fingerprint density at radius 3 is 2.88 bits per heavy atom. The monoisotopic (exact) mass is 250 g/mol. The number of nitrogens with zero attached hydrogens (tertiary/aromatic N) is 1. The fourth-order valence-corrected chi connectivity index (χ4v) is 2.60. The summed E-state index contributed by atoms with van der Waals surface area (Å²) in [6.07, 6.45) is 1.63. The molecule has 90 valence electrons. The van der Waals surface area contributed by atoms with Gasteiger partial charge in [-0.3, -0.25) is 4.98 Å². The zero-order chi connectivity index (χ0) is 12.3. The van der Waals surface area contributed by atoms with Gasteiger partial charge in [0.25, 0.3) is 0 Å². The Kier molecular flexibility index (Phi) is 3.86. The predicted octanol–water partition coefficient (Wildman–Crippen LogP) is 3.29. The minimum atomic E-state index is -0.260. The number of nitrogens with one attached hydrogen (secondary N) is 1. The van der Waals surface area contributed by atoms with Gasteiger partial charge in [0, 0.05) is 11.1 Å². The molecular weight excluding hydrogens is 235 g/mol. The summed E-state index contributed by atoms with van der Waals surface area (Å²) in [6.45, 7) is 4.83. The van der Waals surface area contributed by atoms with Crippen LogP contribution in [0.1, 0.15) is 29.1 Å². The van der Waals surface area contributed by atoms with Crippen LogP contribution in [0, 0.1) is 12.7 Å². The first-order valence-corrected chi connectivity index (χ1v) is 6.49. The van der Waals surface area contributed by atoms with Crippen molar-refractivity contribution in [3.05, 3.63) is 51.7 Å². The average molecular weight is 250 g/mol. The van der Waals surface area contributed by atoms with Gasteiger partial charge in [-0.05, 0) is 42.6 Å². The van der Waals surface area contributed by atoms with Crippen molar-refractivity contribution in [3.63, 3.8) is 0 Å². The molecular formula is C13H15FN2S. The van der Waals surface area contributed by atoms with E-state index in [9.17, 15) is 4.39 Å². The molecule has 2 rings (SSSR count). The number of hydrogen-bond donors (Lipinski definition) is 1. The molecule has 0 fully saturated rings. The SMILES string of the molecule is CCNC(c1ccsc1C)c1ncccc1F. The average Bonchev–Trinajstić information content (AvgIpc) is 2.74. The lowest BCUT2D eigenvalue weighted by Gasteiger charge is -2.18. The Balaban J connectivity index is 2.43.